The molecule has 0 aliphatic rings. The number of rotatable bonds is 8. The van der Waals surface area contributed by atoms with Gasteiger partial charge in [0, 0.05) is 0 Å². The first kappa shape index (κ1) is 23.0. The van der Waals surface area contributed by atoms with E-state index in [1.807, 2.05) is 19.1 Å². The number of carbonyl (C=O) groups excluding carboxylic acids is 1. The van der Waals surface area contributed by atoms with Crippen molar-refractivity contribution >= 4 is 27.3 Å². The van der Waals surface area contributed by atoms with Crippen LogP contribution in [-0.2, 0) is 14.8 Å². The van der Waals surface area contributed by atoms with Crippen molar-refractivity contribution < 1.29 is 17.9 Å². The van der Waals surface area contributed by atoms with Gasteiger partial charge in [0.05, 0.1) is 23.4 Å². The van der Waals surface area contributed by atoms with E-state index in [1.54, 1.807) is 68.6 Å². The van der Waals surface area contributed by atoms with E-state index < -0.39 is 22.5 Å². The number of hydrogen-bond donors (Lipinski definition) is 1. The number of nitrogens with one attached hydrogen (secondary N) is 1. The molecule has 0 saturated carbocycles. The molecule has 1 N–H and O–H groups in total. The molecule has 0 spiro atoms. The van der Waals surface area contributed by atoms with Crippen LogP contribution in [0.3, 0.4) is 0 Å². The summed E-state index contributed by atoms with van der Waals surface area (Å²) in [6.07, 6.45) is 0. The average Bonchev–Trinajstić information content (AvgIpc) is 2.82. The minimum absolute atomic E-state index is 0.103. The fourth-order valence-electron chi connectivity index (χ4n) is 2.95. The molecular formula is C24H25N3O4S. The Morgan fingerprint density at radius 1 is 0.969 bits per heavy atom. The molecule has 0 fully saturated rings. The monoisotopic (exact) mass is 451 g/mol. The molecule has 0 heterocycles. The summed E-state index contributed by atoms with van der Waals surface area (Å²) >= 11 is 0. The van der Waals surface area contributed by atoms with Crippen molar-refractivity contribution in [1.29, 1.82) is 0 Å². The van der Waals surface area contributed by atoms with Gasteiger partial charge in [-0.15, -0.1) is 0 Å². The molecule has 0 saturated heterocycles. The summed E-state index contributed by atoms with van der Waals surface area (Å²) in [6.45, 7) is 3.24. The number of ether oxygens (including phenoxy) is 1. The van der Waals surface area contributed by atoms with Crippen molar-refractivity contribution in [2.75, 3.05) is 18.0 Å². The molecule has 3 aromatic carbocycles. The minimum atomic E-state index is -3.95. The highest BCUT2D eigenvalue weighted by atomic mass is 32.2. The van der Waals surface area contributed by atoms with Gasteiger partial charge in [-0.2, -0.15) is 5.10 Å². The highest BCUT2D eigenvalue weighted by Gasteiger charge is 2.27. The second-order valence-electron chi connectivity index (χ2n) is 7.12. The normalized spacial score (nSPS) is 11.7. The minimum Gasteiger partial charge on any atom is -0.497 e. The summed E-state index contributed by atoms with van der Waals surface area (Å²) in [6, 6.07) is 22.2. The zero-order chi connectivity index (χ0) is 23.1. The van der Waals surface area contributed by atoms with E-state index in [2.05, 4.69) is 10.5 Å². The highest BCUT2D eigenvalue weighted by molar-refractivity contribution is 7.92. The molecule has 3 rings (SSSR count). The predicted octanol–water partition coefficient (Wildman–Crippen LogP) is 3.74. The van der Waals surface area contributed by atoms with E-state index in [0.717, 1.165) is 15.4 Å². The molecule has 0 bridgehead atoms. The van der Waals surface area contributed by atoms with Gasteiger partial charge in [0.2, 0.25) is 0 Å². The van der Waals surface area contributed by atoms with Crippen molar-refractivity contribution in [3.63, 3.8) is 0 Å². The second kappa shape index (κ2) is 10.1. The Hall–Kier alpha value is -3.65. The first-order valence-corrected chi connectivity index (χ1v) is 11.4. The van der Waals surface area contributed by atoms with E-state index >= 15 is 0 Å². The summed E-state index contributed by atoms with van der Waals surface area (Å²) in [5.41, 5.74) is 5.21. The molecule has 0 atom stereocenters. The molecule has 0 aromatic heterocycles. The maximum atomic E-state index is 13.3. The second-order valence-corrected chi connectivity index (χ2v) is 8.98. The van der Waals surface area contributed by atoms with E-state index in [1.165, 1.54) is 12.1 Å². The lowest BCUT2D eigenvalue weighted by Crippen LogP contribution is -2.39. The van der Waals surface area contributed by atoms with Gasteiger partial charge in [-0.1, -0.05) is 35.9 Å². The maximum Gasteiger partial charge on any atom is 0.264 e. The Labute approximate surface area is 188 Å². The fourth-order valence-corrected chi connectivity index (χ4v) is 4.40. The summed E-state index contributed by atoms with van der Waals surface area (Å²) in [5, 5.41) is 4.12. The van der Waals surface area contributed by atoms with E-state index in [9.17, 15) is 13.2 Å². The van der Waals surface area contributed by atoms with Crippen molar-refractivity contribution in [3.8, 4) is 5.75 Å². The molecule has 8 heteroatoms. The van der Waals surface area contributed by atoms with Crippen LogP contribution < -0.4 is 14.5 Å². The lowest BCUT2D eigenvalue weighted by Gasteiger charge is -2.23. The summed E-state index contributed by atoms with van der Waals surface area (Å²) in [5.74, 6) is 0.156. The van der Waals surface area contributed by atoms with Crippen LogP contribution in [0.1, 0.15) is 18.1 Å². The third-order valence-electron chi connectivity index (χ3n) is 4.80. The lowest BCUT2D eigenvalue weighted by molar-refractivity contribution is -0.119. The summed E-state index contributed by atoms with van der Waals surface area (Å²) < 4.78 is 32.8. The van der Waals surface area contributed by atoms with Crippen LogP contribution in [0, 0.1) is 6.92 Å². The van der Waals surface area contributed by atoms with Gasteiger partial charge in [-0.25, -0.2) is 13.8 Å². The smallest absolute Gasteiger partial charge is 0.264 e. The molecule has 0 unspecified atom stereocenters. The first-order valence-electron chi connectivity index (χ1n) is 9.93. The Bertz CT molecular complexity index is 1190. The molecule has 166 valence electrons. The number of nitrogens with zero attached hydrogens (tertiary/aromatic N) is 2. The number of hydrazone groups is 1. The third-order valence-corrected chi connectivity index (χ3v) is 6.58. The Kier molecular flexibility index (Phi) is 7.27. The number of anilines is 1. The molecule has 0 aliphatic carbocycles. The number of carbonyl (C=O) groups is 1. The first-order chi connectivity index (χ1) is 15.3. The SMILES string of the molecule is COc1ccc(/C(C)=N\NC(=O)CN(c2ccc(C)cc2)S(=O)(=O)c2ccccc2)cc1. The van der Waals surface area contributed by atoms with Crippen molar-refractivity contribution in [1.82, 2.24) is 5.43 Å². The van der Waals surface area contributed by atoms with Gasteiger partial charge in [-0.05, 0) is 67.9 Å². The van der Waals surface area contributed by atoms with Crippen LogP contribution >= 0.6 is 0 Å². The van der Waals surface area contributed by atoms with Crippen LogP contribution in [-0.4, -0.2) is 33.7 Å². The topological polar surface area (TPSA) is 88.1 Å². The Balaban J connectivity index is 1.82. The number of sulfonamides is 1. The molecule has 7 nitrogen and oxygen atoms in total. The highest BCUT2D eigenvalue weighted by Crippen LogP contribution is 2.23. The zero-order valence-corrected chi connectivity index (χ0v) is 19.0. The van der Waals surface area contributed by atoms with E-state index in [4.69, 9.17) is 4.74 Å². The maximum absolute atomic E-state index is 13.3. The summed E-state index contributed by atoms with van der Waals surface area (Å²) in [4.78, 5) is 12.8. The van der Waals surface area contributed by atoms with Crippen LogP contribution in [0.5, 0.6) is 5.75 Å². The lowest BCUT2D eigenvalue weighted by atomic mass is 10.1. The Morgan fingerprint density at radius 3 is 2.19 bits per heavy atom. The van der Waals surface area contributed by atoms with Gasteiger partial charge in [-0.3, -0.25) is 9.10 Å². The predicted molar refractivity (Wildman–Crippen MR) is 126 cm³/mol. The molecule has 0 radical (unpaired) electrons. The van der Waals surface area contributed by atoms with Crippen molar-refractivity contribution in [2.24, 2.45) is 5.10 Å². The number of methoxy groups -OCH3 is 1. The standard InChI is InChI=1S/C24H25N3O4S/c1-18-9-13-21(14-10-18)27(32(29,30)23-7-5-4-6-8-23)17-24(28)26-25-19(2)20-11-15-22(31-3)16-12-20/h4-16H,17H2,1-3H3,(H,26,28)/b25-19-. The summed E-state index contributed by atoms with van der Waals surface area (Å²) in [7, 11) is -2.37. The van der Waals surface area contributed by atoms with Crippen molar-refractivity contribution in [2.45, 2.75) is 18.7 Å². The zero-order valence-electron chi connectivity index (χ0n) is 18.1. The average molecular weight is 452 g/mol. The molecule has 1 amide bonds. The number of amides is 1. The van der Waals surface area contributed by atoms with Crippen molar-refractivity contribution in [3.05, 3.63) is 90.0 Å². The van der Waals surface area contributed by atoms with Gasteiger partial charge >= 0.3 is 0 Å². The molecular weight excluding hydrogens is 426 g/mol. The van der Waals surface area contributed by atoms with Crippen LogP contribution in [0.2, 0.25) is 0 Å². The van der Waals surface area contributed by atoms with Crippen LogP contribution in [0.15, 0.2) is 88.9 Å². The molecule has 3 aromatic rings. The Morgan fingerprint density at radius 2 is 1.59 bits per heavy atom. The molecule has 0 aliphatic heterocycles. The molecule has 32 heavy (non-hydrogen) atoms. The van der Waals surface area contributed by atoms with E-state index in [0.29, 0.717) is 17.1 Å². The van der Waals surface area contributed by atoms with Gasteiger partial charge in [0.1, 0.15) is 12.3 Å². The quantitative estimate of drug-likeness (QED) is 0.417. The number of benzene rings is 3. The fraction of sp³-hybridized carbons (Fsp3) is 0.167. The van der Waals surface area contributed by atoms with Gasteiger partial charge in [0.15, 0.2) is 0 Å². The van der Waals surface area contributed by atoms with Gasteiger partial charge < -0.3 is 4.74 Å². The third kappa shape index (κ3) is 5.53. The number of aryl methyl sites for hydroxylation is 1. The largest absolute Gasteiger partial charge is 0.497 e. The van der Waals surface area contributed by atoms with E-state index in [-0.39, 0.29) is 4.90 Å². The van der Waals surface area contributed by atoms with Crippen LogP contribution in [0.4, 0.5) is 5.69 Å². The number of hydrogen-bond acceptors (Lipinski definition) is 5. The van der Waals surface area contributed by atoms with Crippen LogP contribution in [0.25, 0.3) is 0 Å². The van der Waals surface area contributed by atoms with Gasteiger partial charge in [0.25, 0.3) is 15.9 Å².